The molecule has 6 nitrogen and oxygen atoms in total. The fourth-order valence-corrected chi connectivity index (χ4v) is 2.46. The SMILES string of the molecule is COC(=O)c1cc(-c2ccnc3ccccc23)cc([N+](=O)[O-])c1. The standard InChI is InChI=1S/C17H12N2O4/c1-23-17(20)12-8-11(9-13(10-12)19(21)22)14-6-7-18-16-5-3-2-4-15(14)16/h2-10H,1H3. The first-order valence-corrected chi connectivity index (χ1v) is 6.82. The summed E-state index contributed by atoms with van der Waals surface area (Å²) in [5.41, 5.74) is 2.08. The summed E-state index contributed by atoms with van der Waals surface area (Å²) in [6.45, 7) is 0. The predicted octanol–water partition coefficient (Wildman–Crippen LogP) is 3.60. The zero-order valence-corrected chi connectivity index (χ0v) is 12.2. The number of ether oxygens (including phenoxy) is 1. The zero-order chi connectivity index (χ0) is 16.4. The highest BCUT2D eigenvalue weighted by atomic mass is 16.6. The van der Waals surface area contributed by atoms with E-state index in [1.54, 1.807) is 18.3 Å². The fourth-order valence-electron chi connectivity index (χ4n) is 2.46. The van der Waals surface area contributed by atoms with Crippen LogP contribution < -0.4 is 0 Å². The van der Waals surface area contributed by atoms with Crippen molar-refractivity contribution in [3.63, 3.8) is 0 Å². The molecule has 0 aliphatic heterocycles. The predicted molar refractivity (Wildman–Crippen MR) is 85.2 cm³/mol. The summed E-state index contributed by atoms with van der Waals surface area (Å²) in [5, 5.41) is 12.0. The van der Waals surface area contributed by atoms with Gasteiger partial charge in [-0.3, -0.25) is 15.1 Å². The van der Waals surface area contributed by atoms with Crippen molar-refractivity contribution < 1.29 is 14.5 Å². The smallest absolute Gasteiger partial charge is 0.338 e. The number of fused-ring (bicyclic) bond motifs is 1. The van der Waals surface area contributed by atoms with Gasteiger partial charge in [0.2, 0.25) is 0 Å². The van der Waals surface area contributed by atoms with E-state index in [0.29, 0.717) is 5.56 Å². The Morgan fingerprint density at radius 1 is 1.17 bits per heavy atom. The molecule has 0 bridgehead atoms. The summed E-state index contributed by atoms with van der Waals surface area (Å²) < 4.78 is 4.68. The molecule has 0 atom stereocenters. The zero-order valence-electron chi connectivity index (χ0n) is 12.2. The summed E-state index contributed by atoms with van der Waals surface area (Å²) in [6.07, 6.45) is 1.63. The van der Waals surface area contributed by atoms with Crippen molar-refractivity contribution in [3.05, 3.63) is 70.4 Å². The molecule has 0 amide bonds. The second kappa shape index (κ2) is 5.84. The monoisotopic (exact) mass is 308 g/mol. The van der Waals surface area contributed by atoms with Crippen LogP contribution >= 0.6 is 0 Å². The van der Waals surface area contributed by atoms with Crippen molar-refractivity contribution in [2.45, 2.75) is 0 Å². The molecule has 0 saturated carbocycles. The van der Waals surface area contributed by atoms with E-state index < -0.39 is 10.9 Å². The highest BCUT2D eigenvalue weighted by Crippen LogP contribution is 2.31. The number of nitro benzene ring substituents is 1. The first-order valence-electron chi connectivity index (χ1n) is 6.82. The van der Waals surface area contributed by atoms with Gasteiger partial charge in [0.05, 0.1) is 23.1 Å². The first-order chi connectivity index (χ1) is 11.1. The van der Waals surface area contributed by atoms with E-state index in [4.69, 9.17) is 0 Å². The van der Waals surface area contributed by atoms with E-state index in [0.717, 1.165) is 16.5 Å². The van der Waals surface area contributed by atoms with Crippen LogP contribution in [0.5, 0.6) is 0 Å². The lowest BCUT2D eigenvalue weighted by atomic mass is 9.99. The number of hydrogen-bond donors (Lipinski definition) is 0. The summed E-state index contributed by atoms with van der Waals surface area (Å²) >= 11 is 0. The van der Waals surface area contributed by atoms with Crippen LogP contribution in [0.4, 0.5) is 5.69 Å². The number of aromatic nitrogens is 1. The van der Waals surface area contributed by atoms with Crippen molar-refractivity contribution in [3.8, 4) is 11.1 Å². The molecule has 0 N–H and O–H groups in total. The second-order valence-corrected chi connectivity index (χ2v) is 4.89. The van der Waals surface area contributed by atoms with Crippen LogP contribution in [0, 0.1) is 10.1 Å². The number of carbonyl (C=O) groups excluding carboxylic acids is 1. The number of benzene rings is 2. The van der Waals surface area contributed by atoms with Crippen LogP contribution in [0.1, 0.15) is 10.4 Å². The molecule has 1 heterocycles. The largest absolute Gasteiger partial charge is 0.465 e. The first kappa shape index (κ1) is 14.6. The maximum atomic E-state index is 11.8. The highest BCUT2D eigenvalue weighted by Gasteiger charge is 2.16. The molecule has 114 valence electrons. The Balaban J connectivity index is 2.27. The summed E-state index contributed by atoms with van der Waals surface area (Å²) in [4.78, 5) is 26.7. The van der Waals surface area contributed by atoms with Gasteiger partial charge in [0.15, 0.2) is 0 Å². The molecule has 0 unspecified atom stereocenters. The van der Waals surface area contributed by atoms with E-state index in [2.05, 4.69) is 9.72 Å². The molecule has 0 aliphatic rings. The molecule has 0 saturated heterocycles. The van der Waals surface area contributed by atoms with Gasteiger partial charge < -0.3 is 4.74 Å². The molecular weight excluding hydrogens is 296 g/mol. The van der Waals surface area contributed by atoms with E-state index in [1.807, 2.05) is 24.3 Å². The third-order valence-electron chi connectivity index (χ3n) is 3.51. The Hall–Kier alpha value is -3.28. The third kappa shape index (κ3) is 2.74. The van der Waals surface area contributed by atoms with Crippen molar-refractivity contribution in [1.82, 2.24) is 4.98 Å². The van der Waals surface area contributed by atoms with Crippen molar-refractivity contribution in [2.75, 3.05) is 7.11 Å². The molecule has 0 radical (unpaired) electrons. The van der Waals surface area contributed by atoms with Gasteiger partial charge >= 0.3 is 5.97 Å². The Morgan fingerprint density at radius 3 is 2.70 bits per heavy atom. The molecule has 3 aromatic rings. The number of hydrogen-bond acceptors (Lipinski definition) is 5. The lowest BCUT2D eigenvalue weighted by molar-refractivity contribution is -0.384. The van der Waals surface area contributed by atoms with Crippen molar-refractivity contribution in [2.24, 2.45) is 0 Å². The molecule has 0 aliphatic carbocycles. The Kier molecular flexibility index (Phi) is 3.72. The summed E-state index contributed by atoms with van der Waals surface area (Å²) in [5.74, 6) is -0.617. The number of pyridine rings is 1. The number of non-ortho nitro benzene ring substituents is 1. The number of nitro groups is 1. The molecule has 3 rings (SSSR count). The molecular formula is C17H12N2O4. The highest BCUT2D eigenvalue weighted by molar-refractivity contribution is 5.97. The summed E-state index contributed by atoms with van der Waals surface area (Å²) in [6, 6.07) is 13.5. The third-order valence-corrected chi connectivity index (χ3v) is 3.51. The average molecular weight is 308 g/mol. The van der Waals surface area contributed by atoms with Crippen LogP contribution in [0.25, 0.3) is 22.0 Å². The Bertz CT molecular complexity index is 916. The Labute approximate surface area is 131 Å². The lowest BCUT2D eigenvalue weighted by Crippen LogP contribution is -2.03. The molecule has 23 heavy (non-hydrogen) atoms. The number of para-hydroxylation sites is 1. The van der Waals surface area contributed by atoms with Gasteiger partial charge in [0.1, 0.15) is 0 Å². The van der Waals surface area contributed by atoms with Crippen molar-refractivity contribution >= 4 is 22.6 Å². The van der Waals surface area contributed by atoms with Crippen LogP contribution in [0.15, 0.2) is 54.7 Å². The lowest BCUT2D eigenvalue weighted by Gasteiger charge is -2.08. The van der Waals surface area contributed by atoms with E-state index in [9.17, 15) is 14.9 Å². The van der Waals surface area contributed by atoms with E-state index in [-0.39, 0.29) is 11.3 Å². The molecule has 2 aromatic carbocycles. The van der Waals surface area contributed by atoms with Gasteiger partial charge in [-0.1, -0.05) is 18.2 Å². The minimum atomic E-state index is -0.617. The number of carbonyl (C=O) groups is 1. The van der Waals surface area contributed by atoms with E-state index >= 15 is 0 Å². The topological polar surface area (TPSA) is 82.3 Å². The minimum Gasteiger partial charge on any atom is -0.465 e. The van der Waals surface area contributed by atoms with Crippen LogP contribution in [-0.4, -0.2) is 23.0 Å². The normalized spacial score (nSPS) is 10.5. The second-order valence-electron chi connectivity index (χ2n) is 4.89. The number of methoxy groups -OCH3 is 1. The maximum absolute atomic E-state index is 11.8. The quantitative estimate of drug-likeness (QED) is 0.419. The van der Waals surface area contributed by atoms with Gasteiger partial charge in [-0.05, 0) is 29.3 Å². The number of nitrogens with zero attached hydrogens (tertiary/aromatic N) is 2. The van der Waals surface area contributed by atoms with E-state index in [1.165, 1.54) is 19.2 Å². The molecule has 0 spiro atoms. The van der Waals surface area contributed by atoms with Gasteiger partial charge in [-0.15, -0.1) is 0 Å². The average Bonchev–Trinajstić information content (AvgIpc) is 2.60. The number of esters is 1. The van der Waals surface area contributed by atoms with Gasteiger partial charge in [0, 0.05) is 23.7 Å². The number of rotatable bonds is 3. The van der Waals surface area contributed by atoms with Gasteiger partial charge in [-0.2, -0.15) is 0 Å². The Morgan fingerprint density at radius 2 is 1.96 bits per heavy atom. The minimum absolute atomic E-state index is 0.137. The maximum Gasteiger partial charge on any atom is 0.338 e. The fraction of sp³-hybridized carbons (Fsp3) is 0.0588. The van der Waals surface area contributed by atoms with Gasteiger partial charge in [0.25, 0.3) is 5.69 Å². The molecule has 1 aromatic heterocycles. The molecule has 6 heteroatoms. The van der Waals surface area contributed by atoms with Crippen LogP contribution in [0.3, 0.4) is 0 Å². The van der Waals surface area contributed by atoms with Crippen LogP contribution in [0.2, 0.25) is 0 Å². The van der Waals surface area contributed by atoms with Crippen molar-refractivity contribution in [1.29, 1.82) is 0 Å². The van der Waals surface area contributed by atoms with Crippen LogP contribution in [-0.2, 0) is 4.74 Å². The molecule has 0 fully saturated rings. The summed E-state index contributed by atoms with van der Waals surface area (Å²) in [7, 11) is 1.24. The van der Waals surface area contributed by atoms with Gasteiger partial charge in [-0.25, -0.2) is 4.79 Å².